The summed E-state index contributed by atoms with van der Waals surface area (Å²) in [6, 6.07) is 12.7. The summed E-state index contributed by atoms with van der Waals surface area (Å²) in [4.78, 5) is 25.6. The van der Waals surface area contributed by atoms with E-state index in [1.165, 1.54) is 29.0 Å². The van der Waals surface area contributed by atoms with Crippen LogP contribution in [0.4, 0.5) is 32.3 Å². The van der Waals surface area contributed by atoms with Crippen LogP contribution in [0.2, 0.25) is 0 Å². The van der Waals surface area contributed by atoms with Crippen LogP contribution in [0.25, 0.3) is 0 Å². The highest BCUT2D eigenvalue weighted by atomic mass is 19.1. The van der Waals surface area contributed by atoms with Gasteiger partial charge in [0.1, 0.15) is 11.6 Å². The fraction of sp³-hybridized carbons (Fsp3) is 0.320. The maximum absolute atomic E-state index is 15.0. The molecule has 2 heterocycles. The van der Waals surface area contributed by atoms with Crippen molar-refractivity contribution < 1.29 is 24.1 Å². The number of anilines is 4. The molecule has 3 aromatic rings. The number of ether oxygens (including phenoxy) is 1. The predicted molar refractivity (Wildman–Crippen MR) is 128 cm³/mol. The smallest absolute Gasteiger partial charge is 0.330 e. The van der Waals surface area contributed by atoms with Crippen molar-refractivity contribution in [2.24, 2.45) is 0 Å². The number of benzene rings is 2. The number of hydrogen-bond acceptors (Lipinski definition) is 7. The lowest BCUT2D eigenvalue weighted by Crippen LogP contribution is -2.55. The van der Waals surface area contributed by atoms with Gasteiger partial charge < -0.3 is 20.3 Å². The van der Waals surface area contributed by atoms with Gasteiger partial charge in [-0.15, -0.1) is 0 Å². The quantitative estimate of drug-likeness (QED) is 0.513. The van der Waals surface area contributed by atoms with Crippen molar-refractivity contribution in [3.63, 3.8) is 0 Å². The van der Waals surface area contributed by atoms with Crippen LogP contribution >= 0.6 is 0 Å². The molecule has 182 valence electrons. The fourth-order valence-electron chi connectivity index (χ4n) is 4.68. The van der Waals surface area contributed by atoms with Crippen molar-refractivity contribution in [1.29, 1.82) is 0 Å². The van der Waals surface area contributed by atoms with Gasteiger partial charge in [0.15, 0.2) is 5.82 Å². The fourth-order valence-corrected chi connectivity index (χ4v) is 4.68. The van der Waals surface area contributed by atoms with Gasteiger partial charge in [-0.05, 0) is 43.5 Å². The molecule has 3 N–H and O–H groups in total. The number of rotatable bonds is 5. The van der Waals surface area contributed by atoms with Gasteiger partial charge in [-0.25, -0.2) is 14.2 Å². The Morgan fingerprint density at radius 2 is 1.83 bits per heavy atom. The van der Waals surface area contributed by atoms with E-state index >= 15 is 0 Å². The lowest BCUT2D eigenvalue weighted by atomic mass is 9.89. The van der Waals surface area contributed by atoms with E-state index in [-0.39, 0.29) is 31.5 Å². The monoisotopic (exact) mass is 479 g/mol. The number of carbonyl (C=O) groups is 1. The van der Waals surface area contributed by atoms with Crippen molar-refractivity contribution >= 4 is 29.2 Å². The number of nitrogens with zero attached hydrogens (tertiary/aromatic N) is 4. The maximum Gasteiger partial charge on any atom is 0.330 e. The van der Waals surface area contributed by atoms with Crippen LogP contribution in [-0.2, 0) is 6.54 Å². The molecule has 1 saturated carbocycles. The molecule has 9 nitrogen and oxygen atoms in total. The number of hydrogen-bond donors (Lipinski definition) is 3. The zero-order valence-electron chi connectivity index (χ0n) is 19.1. The number of aromatic nitrogens is 2. The molecule has 0 saturated heterocycles. The molecule has 5 rings (SSSR count). The molecule has 1 aromatic heterocycles. The molecule has 1 fully saturated rings. The number of urea groups is 1. The number of nitrogens with one attached hydrogen (secondary N) is 1. The molecular weight excluding hydrogens is 453 g/mol. The molecule has 3 atom stereocenters. The topological polar surface area (TPSA) is 111 Å². The van der Waals surface area contributed by atoms with E-state index in [1.807, 2.05) is 30.3 Å². The predicted octanol–water partition coefficient (Wildman–Crippen LogP) is 3.59. The van der Waals surface area contributed by atoms with Crippen LogP contribution in [0.15, 0.2) is 54.7 Å². The summed E-state index contributed by atoms with van der Waals surface area (Å²) in [6.07, 6.45) is 0.858. The maximum atomic E-state index is 15.0. The number of fused-ring (bicyclic) bond motifs is 1. The van der Waals surface area contributed by atoms with Gasteiger partial charge in [-0.1, -0.05) is 18.2 Å². The zero-order chi connectivity index (χ0) is 24.5. The van der Waals surface area contributed by atoms with Gasteiger partial charge >= 0.3 is 6.03 Å². The van der Waals surface area contributed by atoms with Crippen LogP contribution in [0.3, 0.4) is 0 Å². The van der Waals surface area contributed by atoms with Gasteiger partial charge in [0.25, 0.3) is 0 Å². The molecule has 1 aliphatic heterocycles. The first-order chi connectivity index (χ1) is 16.9. The number of amides is 2. The number of aliphatic hydroxyl groups excluding tert-OH is 2. The number of carbonyl (C=O) groups excluding carboxylic acids is 1. The highest BCUT2D eigenvalue weighted by Crippen LogP contribution is 2.37. The third-order valence-electron chi connectivity index (χ3n) is 6.31. The first kappa shape index (κ1) is 23.0. The minimum atomic E-state index is -0.767. The van der Waals surface area contributed by atoms with Gasteiger partial charge in [-0.3, -0.25) is 9.80 Å². The van der Waals surface area contributed by atoms with E-state index < -0.39 is 30.1 Å². The second-order valence-corrected chi connectivity index (χ2v) is 8.76. The van der Waals surface area contributed by atoms with E-state index in [4.69, 9.17) is 4.74 Å². The molecule has 10 heteroatoms. The van der Waals surface area contributed by atoms with Crippen molar-refractivity contribution in [1.82, 2.24) is 9.97 Å². The third-order valence-corrected chi connectivity index (χ3v) is 6.31. The lowest BCUT2D eigenvalue weighted by molar-refractivity contribution is 0.0314. The van der Waals surface area contributed by atoms with Crippen LogP contribution in [-0.4, -0.2) is 51.6 Å². The summed E-state index contributed by atoms with van der Waals surface area (Å²) in [6.45, 7) is 0.0668. The molecule has 2 amide bonds. The Balaban J connectivity index is 1.55. The number of methoxy groups -OCH3 is 1. The van der Waals surface area contributed by atoms with E-state index in [0.29, 0.717) is 23.1 Å². The molecule has 35 heavy (non-hydrogen) atoms. The first-order valence-electron chi connectivity index (χ1n) is 11.4. The van der Waals surface area contributed by atoms with E-state index in [2.05, 4.69) is 15.3 Å². The average Bonchev–Trinajstić information content (AvgIpc) is 2.84. The van der Waals surface area contributed by atoms with Crippen molar-refractivity contribution in [2.75, 3.05) is 22.2 Å². The second-order valence-electron chi connectivity index (χ2n) is 8.76. The molecule has 2 aromatic carbocycles. The molecule has 1 aliphatic carbocycles. The van der Waals surface area contributed by atoms with Crippen LogP contribution < -0.4 is 19.9 Å². The summed E-state index contributed by atoms with van der Waals surface area (Å²) in [7, 11) is 1.44. The molecule has 0 radical (unpaired) electrons. The summed E-state index contributed by atoms with van der Waals surface area (Å²) < 4.78 is 20.0. The van der Waals surface area contributed by atoms with Gasteiger partial charge in [0.05, 0.1) is 31.5 Å². The first-order valence-corrected chi connectivity index (χ1v) is 11.4. The number of halogens is 1. The van der Waals surface area contributed by atoms with Crippen LogP contribution in [0, 0.1) is 5.82 Å². The van der Waals surface area contributed by atoms with Crippen molar-refractivity contribution in [3.8, 4) is 5.75 Å². The minimum Gasteiger partial charge on any atom is -0.497 e. The van der Waals surface area contributed by atoms with Crippen LogP contribution in [0.5, 0.6) is 5.75 Å². The minimum absolute atomic E-state index is 0.0668. The average molecular weight is 480 g/mol. The Morgan fingerprint density at radius 1 is 1.09 bits per heavy atom. The summed E-state index contributed by atoms with van der Waals surface area (Å²) in [5.41, 5.74) is 1.49. The highest BCUT2D eigenvalue weighted by molar-refractivity contribution is 6.06. The SMILES string of the molecule is COc1ccc(N2Cc3cnc(Nc4ccccc4)nc3N(C3C[C@@H](O)C[C@@H](O)C3)C2=O)c(F)c1. The van der Waals surface area contributed by atoms with E-state index in [9.17, 15) is 19.4 Å². The largest absolute Gasteiger partial charge is 0.497 e. The molecule has 1 unspecified atom stereocenters. The zero-order valence-corrected chi connectivity index (χ0v) is 19.1. The summed E-state index contributed by atoms with van der Waals surface area (Å²) in [5.74, 6) is 0.410. The molecular formula is C25H26FN5O4. The van der Waals surface area contributed by atoms with E-state index in [1.54, 1.807) is 12.3 Å². The Hall–Kier alpha value is -3.76. The standard InChI is InChI=1S/C25H26FN5O4/c1-35-20-7-8-22(21(26)12-20)30-14-15-13-27-24(28-16-5-3-2-4-6-16)29-23(15)31(25(30)34)17-9-18(32)11-19(33)10-17/h2-8,12-13,17-19,32-33H,9-11,14H2,1H3,(H,27,28,29)/t17?,18-,19+. The van der Waals surface area contributed by atoms with Crippen molar-refractivity contribution in [2.45, 2.75) is 44.1 Å². The third kappa shape index (κ3) is 4.62. The summed E-state index contributed by atoms with van der Waals surface area (Å²) >= 11 is 0. The van der Waals surface area contributed by atoms with Crippen molar-refractivity contribution in [3.05, 3.63) is 66.1 Å². The Bertz CT molecular complexity index is 1220. The molecule has 0 bridgehead atoms. The molecule has 0 spiro atoms. The van der Waals surface area contributed by atoms with Gasteiger partial charge in [-0.2, -0.15) is 4.98 Å². The number of aliphatic hydroxyl groups is 2. The second kappa shape index (κ2) is 9.47. The summed E-state index contributed by atoms with van der Waals surface area (Å²) in [5, 5.41) is 23.8. The van der Waals surface area contributed by atoms with Gasteiger partial charge in [0, 0.05) is 29.6 Å². The lowest BCUT2D eigenvalue weighted by Gasteiger charge is -2.43. The van der Waals surface area contributed by atoms with E-state index in [0.717, 1.165) is 5.69 Å². The number of para-hydroxylation sites is 1. The molecule has 2 aliphatic rings. The Labute approximate surface area is 201 Å². The highest BCUT2D eigenvalue weighted by Gasteiger charge is 2.41. The van der Waals surface area contributed by atoms with Crippen LogP contribution in [0.1, 0.15) is 24.8 Å². The Kier molecular flexibility index (Phi) is 6.23. The Morgan fingerprint density at radius 3 is 2.51 bits per heavy atom. The normalized spacial score (nSPS) is 22.1. The van der Waals surface area contributed by atoms with Gasteiger partial charge in [0.2, 0.25) is 5.95 Å².